The number of aromatic nitrogens is 3. The van der Waals surface area contributed by atoms with Gasteiger partial charge in [0.2, 0.25) is 15.9 Å². The van der Waals surface area contributed by atoms with Gasteiger partial charge >= 0.3 is 0 Å². The van der Waals surface area contributed by atoms with E-state index in [0.717, 1.165) is 18.4 Å². The van der Waals surface area contributed by atoms with Crippen molar-refractivity contribution in [3.05, 3.63) is 54.2 Å². The minimum Gasteiger partial charge on any atom is -0.361 e. The number of H-pyrrole nitrogens is 1. The predicted octanol–water partition coefficient (Wildman–Crippen LogP) is 2.56. The zero-order chi connectivity index (χ0) is 22.1. The predicted molar refractivity (Wildman–Crippen MR) is 118 cm³/mol. The molecule has 1 aliphatic heterocycles. The summed E-state index contributed by atoms with van der Waals surface area (Å²) in [5.74, 6) is 0.0599. The van der Waals surface area contributed by atoms with Crippen LogP contribution >= 0.6 is 0 Å². The summed E-state index contributed by atoms with van der Waals surface area (Å²) in [6, 6.07) is 12.9. The molecule has 0 aliphatic carbocycles. The number of amides is 1. The van der Waals surface area contributed by atoms with Gasteiger partial charge in [0, 0.05) is 49.7 Å². The van der Waals surface area contributed by atoms with Crippen molar-refractivity contribution in [2.24, 2.45) is 0 Å². The van der Waals surface area contributed by atoms with Crippen LogP contribution in [0, 0.1) is 0 Å². The van der Waals surface area contributed by atoms with Gasteiger partial charge in [-0.05, 0) is 46.9 Å². The molecule has 1 saturated heterocycles. The van der Waals surface area contributed by atoms with Crippen LogP contribution in [0.4, 0.5) is 0 Å². The minimum absolute atomic E-state index is 0.0599. The summed E-state index contributed by atoms with van der Waals surface area (Å²) in [6.45, 7) is 1.24. The molecule has 2 aromatic carbocycles. The molecule has 3 heterocycles. The maximum atomic E-state index is 13.1. The maximum absolute atomic E-state index is 13.1. The number of piperazine rings is 1. The number of carbonyl (C=O) groups is 1. The summed E-state index contributed by atoms with van der Waals surface area (Å²) in [5, 5.41) is 8.64. The van der Waals surface area contributed by atoms with Crippen molar-refractivity contribution in [2.75, 3.05) is 26.2 Å². The molecule has 32 heavy (non-hydrogen) atoms. The number of nitrogens with zero attached hydrogens (tertiary/aromatic N) is 4. The summed E-state index contributed by atoms with van der Waals surface area (Å²) < 4.78 is 32.3. The smallest absolute Gasteiger partial charge is 0.245 e. The number of hydrogen-bond donors (Lipinski definition) is 1. The van der Waals surface area contributed by atoms with E-state index in [1.54, 1.807) is 17.0 Å². The zero-order valence-corrected chi connectivity index (χ0v) is 18.2. The lowest BCUT2D eigenvalue weighted by molar-refractivity contribution is -0.132. The summed E-state index contributed by atoms with van der Waals surface area (Å²) >= 11 is 0. The topological polar surface area (TPSA) is 112 Å². The van der Waals surface area contributed by atoms with Crippen LogP contribution in [0.2, 0.25) is 0 Å². The van der Waals surface area contributed by atoms with E-state index in [-0.39, 0.29) is 29.4 Å². The number of nitrogens with one attached hydrogen (secondary N) is 1. The summed E-state index contributed by atoms with van der Waals surface area (Å²) in [6.07, 6.45) is 4.01. The second kappa shape index (κ2) is 8.36. The normalized spacial score (nSPS) is 15.6. The minimum atomic E-state index is -3.75. The van der Waals surface area contributed by atoms with Gasteiger partial charge in [0.1, 0.15) is 10.4 Å². The monoisotopic (exact) mass is 453 g/mol. The number of carbonyl (C=O) groups excluding carboxylic acids is 1. The molecule has 1 N–H and O–H groups in total. The first-order chi connectivity index (χ1) is 15.5. The number of benzene rings is 2. The van der Waals surface area contributed by atoms with Crippen LogP contribution in [0.25, 0.3) is 21.9 Å². The highest BCUT2D eigenvalue weighted by Crippen LogP contribution is 2.25. The van der Waals surface area contributed by atoms with E-state index in [9.17, 15) is 13.2 Å². The molecule has 5 rings (SSSR count). The molecule has 0 spiro atoms. The van der Waals surface area contributed by atoms with Gasteiger partial charge in [-0.1, -0.05) is 24.3 Å². The molecule has 0 unspecified atom stereocenters. The quantitative estimate of drug-likeness (QED) is 0.480. The Hall–Kier alpha value is -3.24. The van der Waals surface area contributed by atoms with Crippen molar-refractivity contribution in [2.45, 2.75) is 24.2 Å². The molecular weight excluding hydrogens is 430 g/mol. The van der Waals surface area contributed by atoms with Crippen LogP contribution < -0.4 is 0 Å². The van der Waals surface area contributed by atoms with E-state index in [1.165, 1.54) is 21.3 Å². The van der Waals surface area contributed by atoms with Crippen LogP contribution in [0.5, 0.6) is 0 Å². The fourth-order valence-electron chi connectivity index (χ4n) is 4.23. The molecule has 1 aliphatic rings. The van der Waals surface area contributed by atoms with Crippen molar-refractivity contribution in [3.8, 4) is 0 Å². The van der Waals surface area contributed by atoms with Gasteiger partial charge in [-0.25, -0.2) is 13.0 Å². The molecule has 1 amide bonds. The highest BCUT2D eigenvalue weighted by molar-refractivity contribution is 7.89. The molecule has 9 nitrogen and oxygen atoms in total. The van der Waals surface area contributed by atoms with Crippen molar-refractivity contribution in [3.63, 3.8) is 0 Å². The van der Waals surface area contributed by atoms with Gasteiger partial charge < -0.3 is 9.88 Å². The molecule has 166 valence electrons. The van der Waals surface area contributed by atoms with Crippen molar-refractivity contribution >= 4 is 37.9 Å². The van der Waals surface area contributed by atoms with E-state index in [4.69, 9.17) is 0 Å². The highest BCUT2D eigenvalue weighted by atomic mass is 32.2. The Morgan fingerprint density at radius 2 is 1.84 bits per heavy atom. The van der Waals surface area contributed by atoms with Crippen LogP contribution in [-0.4, -0.2) is 65.0 Å². The van der Waals surface area contributed by atoms with E-state index < -0.39 is 10.0 Å². The molecule has 0 atom stereocenters. The van der Waals surface area contributed by atoms with Crippen LogP contribution in [-0.2, 0) is 21.2 Å². The Labute approximate surface area is 185 Å². The van der Waals surface area contributed by atoms with Gasteiger partial charge in [-0.15, -0.1) is 0 Å². The largest absolute Gasteiger partial charge is 0.361 e. The third-order valence-corrected chi connectivity index (χ3v) is 7.90. The summed E-state index contributed by atoms with van der Waals surface area (Å²) in [4.78, 5) is 17.8. The fourth-order valence-corrected chi connectivity index (χ4v) is 5.79. The first kappa shape index (κ1) is 20.7. The molecule has 1 fully saturated rings. The first-order valence-corrected chi connectivity index (χ1v) is 12.0. The molecule has 0 saturated carbocycles. The standard InChI is InChI=1S/C22H23N5O4S/c28-21(10-3-5-16-15-23-18-7-2-1-6-17(16)18)26-11-13-27(14-12-26)32(29,30)20-9-4-8-19-22(20)25-31-24-19/h1-2,4,6-9,15,23H,3,5,10-14H2. The molecule has 10 heteroatoms. The first-order valence-electron chi connectivity index (χ1n) is 10.6. The molecule has 2 aromatic heterocycles. The molecule has 4 aromatic rings. The third-order valence-electron chi connectivity index (χ3n) is 5.97. The Bertz CT molecular complexity index is 1370. The van der Waals surface area contributed by atoms with E-state index in [2.05, 4.69) is 26.0 Å². The molecular formula is C22H23N5O4S. The average molecular weight is 454 g/mol. The average Bonchev–Trinajstić information content (AvgIpc) is 3.46. The highest BCUT2D eigenvalue weighted by Gasteiger charge is 2.32. The van der Waals surface area contributed by atoms with Gasteiger partial charge in [-0.2, -0.15) is 4.31 Å². The number of para-hydroxylation sites is 1. The zero-order valence-electron chi connectivity index (χ0n) is 17.4. The van der Waals surface area contributed by atoms with Gasteiger partial charge in [-0.3, -0.25) is 4.79 Å². The van der Waals surface area contributed by atoms with E-state index >= 15 is 0 Å². The van der Waals surface area contributed by atoms with Crippen LogP contribution in [0.1, 0.15) is 18.4 Å². The second-order valence-corrected chi connectivity index (χ2v) is 9.79. The van der Waals surface area contributed by atoms with E-state index in [0.29, 0.717) is 25.0 Å². The molecule has 0 bridgehead atoms. The van der Waals surface area contributed by atoms with Crippen molar-refractivity contribution in [1.29, 1.82) is 0 Å². The lowest BCUT2D eigenvalue weighted by atomic mass is 10.1. The Kier molecular flexibility index (Phi) is 5.40. The van der Waals surface area contributed by atoms with Crippen LogP contribution in [0.15, 0.2) is 58.2 Å². The van der Waals surface area contributed by atoms with Gasteiger partial charge in [0.15, 0.2) is 5.52 Å². The Morgan fingerprint density at radius 3 is 2.69 bits per heavy atom. The Morgan fingerprint density at radius 1 is 1.03 bits per heavy atom. The summed E-state index contributed by atoms with van der Waals surface area (Å²) in [7, 11) is -3.75. The lowest BCUT2D eigenvalue weighted by Gasteiger charge is -2.34. The fraction of sp³-hybridized carbons (Fsp3) is 0.318. The van der Waals surface area contributed by atoms with Crippen LogP contribution in [0.3, 0.4) is 0 Å². The van der Waals surface area contributed by atoms with Crippen molar-refractivity contribution in [1.82, 2.24) is 24.5 Å². The van der Waals surface area contributed by atoms with Crippen molar-refractivity contribution < 1.29 is 17.8 Å². The third kappa shape index (κ3) is 3.76. The number of aryl methyl sites for hydroxylation is 1. The number of aromatic amines is 1. The summed E-state index contributed by atoms with van der Waals surface area (Å²) in [5.41, 5.74) is 2.93. The Balaban J connectivity index is 1.17. The SMILES string of the molecule is O=C(CCCc1c[nH]c2ccccc12)N1CCN(S(=O)(=O)c2cccc3nonc23)CC1. The maximum Gasteiger partial charge on any atom is 0.245 e. The number of sulfonamides is 1. The second-order valence-electron chi connectivity index (χ2n) is 7.89. The van der Waals surface area contributed by atoms with Gasteiger partial charge in [0.25, 0.3) is 0 Å². The van der Waals surface area contributed by atoms with E-state index in [1.807, 2.05) is 24.4 Å². The lowest BCUT2D eigenvalue weighted by Crippen LogP contribution is -2.50. The van der Waals surface area contributed by atoms with Gasteiger partial charge in [0.05, 0.1) is 0 Å². The number of hydrogen-bond acceptors (Lipinski definition) is 6. The molecule has 0 radical (unpaired) electrons. The number of fused-ring (bicyclic) bond motifs is 2. The number of rotatable bonds is 6.